The number of aromatic nitrogens is 3. The van der Waals surface area contributed by atoms with Gasteiger partial charge in [-0.05, 0) is 113 Å². The quantitative estimate of drug-likeness (QED) is 0.0634. The molecule has 20 nitrogen and oxygen atoms in total. The predicted octanol–water partition coefficient (Wildman–Crippen LogP) is 14.5. The second-order valence-electron chi connectivity index (χ2n) is 25.1. The normalized spacial score (nSPS) is 17.9. The molecule has 9 aromatic rings. The van der Waals surface area contributed by atoms with Crippen LogP contribution >= 0.6 is 0 Å². The molecular weight excluding hydrogens is 1210 g/mol. The summed E-state index contributed by atoms with van der Waals surface area (Å²) in [6.45, 7) is 13.6. The van der Waals surface area contributed by atoms with E-state index in [0.29, 0.717) is 71.6 Å². The van der Waals surface area contributed by atoms with Gasteiger partial charge < -0.3 is 60.3 Å². The lowest BCUT2D eigenvalue weighted by Crippen LogP contribution is -2.36. The molecule has 6 N–H and O–H groups in total. The molecule has 0 saturated carbocycles. The number of nitrogens with zero attached hydrogens (tertiary/aromatic N) is 5. The summed E-state index contributed by atoms with van der Waals surface area (Å²) in [5, 5.41) is 18.8. The van der Waals surface area contributed by atoms with Crippen LogP contribution in [0.2, 0.25) is 0 Å². The molecule has 6 atom stereocenters. The Labute approximate surface area is 559 Å². The van der Waals surface area contributed by atoms with E-state index in [4.69, 9.17) is 29.4 Å². The van der Waals surface area contributed by atoms with Crippen LogP contribution in [0.25, 0.3) is 0 Å². The molecule has 3 aliphatic rings. The number of likely N-dealkylation sites (tertiary alicyclic amines) is 2. The Hall–Kier alpha value is -11.1. The summed E-state index contributed by atoms with van der Waals surface area (Å²) in [6, 6.07) is 67.7. The lowest BCUT2D eigenvalue weighted by atomic mass is 9.88. The second-order valence-corrected chi connectivity index (χ2v) is 25.1. The van der Waals surface area contributed by atoms with Crippen LogP contribution < -0.4 is 35.9 Å². The van der Waals surface area contributed by atoms with E-state index in [1.54, 1.807) is 86.7 Å². The summed E-state index contributed by atoms with van der Waals surface area (Å²) >= 11 is 0. The van der Waals surface area contributed by atoms with Crippen molar-refractivity contribution in [2.75, 3.05) is 55.6 Å². The van der Waals surface area contributed by atoms with Crippen LogP contribution in [0, 0.1) is 17.8 Å². The zero-order valence-electron chi connectivity index (χ0n) is 54.6. The Balaban J connectivity index is 0.000000157. The molecule has 0 unspecified atom stereocenters. The number of amides is 4. The smallest absolute Gasteiger partial charge is 0.410 e. The molecule has 3 saturated heterocycles. The van der Waals surface area contributed by atoms with Crippen molar-refractivity contribution >= 4 is 47.0 Å². The van der Waals surface area contributed by atoms with Gasteiger partial charge in [0.1, 0.15) is 28.5 Å². The molecular formula is C76H81N9O11. The molecule has 0 spiro atoms. The molecule has 6 aromatic carbocycles. The second kappa shape index (κ2) is 33.1. The van der Waals surface area contributed by atoms with Crippen molar-refractivity contribution in [2.45, 2.75) is 70.5 Å². The largest absolute Gasteiger partial charge is 0.481 e. The number of nitrogen functional groups attached to an aromatic ring is 1. The number of benzene rings is 6. The molecule has 0 bridgehead atoms. The van der Waals surface area contributed by atoms with Gasteiger partial charge in [-0.2, -0.15) is 0 Å². The van der Waals surface area contributed by atoms with E-state index < -0.39 is 41.2 Å². The van der Waals surface area contributed by atoms with E-state index in [9.17, 15) is 29.1 Å². The Morgan fingerprint density at radius 2 is 0.812 bits per heavy atom. The minimum Gasteiger partial charge on any atom is -0.481 e. The van der Waals surface area contributed by atoms with Gasteiger partial charge in [0.2, 0.25) is 29.5 Å². The highest BCUT2D eigenvalue weighted by Gasteiger charge is 2.43. The van der Waals surface area contributed by atoms with Crippen molar-refractivity contribution in [1.82, 2.24) is 30.1 Å². The molecule has 3 fully saturated rings. The summed E-state index contributed by atoms with van der Waals surface area (Å²) in [5.74, 6) is 1.16. The Bertz CT molecular complexity index is 3960. The number of nitrogens with two attached hydrogens (primary N) is 1. The topological polar surface area (TPSA) is 259 Å². The zero-order chi connectivity index (χ0) is 68.0. The average molecular weight is 1300 g/mol. The highest BCUT2D eigenvalue weighted by atomic mass is 16.6. The zero-order valence-corrected chi connectivity index (χ0v) is 54.6. The van der Waals surface area contributed by atoms with Gasteiger partial charge in [-0.1, -0.05) is 127 Å². The van der Waals surface area contributed by atoms with Gasteiger partial charge in [-0.15, -0.1) is 0 Å². The number of aliphatic carboxylic acids is 1. The van der Waals surface area contributed by atoms with Crippen LogP contribution in [0.1, 0.15) is 76.0 Å². The summed E-state index contributed by atoms with van der Waals surface area (Å²) < 4.78 is 27.9. The lowest BCUT2D eigenvalue weighted by Gasteiger charge is -2.24. The van der Waals surface area contributed by atoms with Crippen LogP contribution in [0.5, 0.6) is 34.9 Å². The van der Waals surface area contributed by atoms with Crippen molar-refractivity contribution in [3.8, 4) is 34.9 Å². The van der Waals surface area contributed by atoms with Crippen LogP contribution in [-0.2, 0) is 23.9 Å². The molecule has 496 valence electrons. The molecule has 4 amide bonds. The number of pyridine rings is 3. The third-order valence-electron chi connectivity index (χ3n) is 15.5. The first-order valence-corrected chi connectivity index (χ1v) is 31.7. The molecule has 0 aliphatic carbocycles. The van der Waals surface area contributed by atoms with E-state index in [-0.39, 0.29) is 48.6 Å². The van der Waals surface area contributed by atoms with Gasteiger partial charge in [0, 0.05) is 129 Å². The maximum atomic E-state index is 13.4. The fourth-order valence-corrected chi connectivity index (χ4v) is 11.1. The number of rotatable bonds is 14. The third kappa shape index (κ3) is 20.9. The summed E-state index contributed by atoms with van der Waals surface area (Å²) in [5.41, 5.74) is 9.58. The van der Waals surface area contributed by atoms with Crippen molar-refractivity contribution in [3.63, 3.8) is 0 Å². The monoisotopic (exact) mass is 1300 g/mol. The van der Waals surface area contributed by atoms with Gasteiger partial charge in [0.05, 0.1) is 17.8 Å². The molecule has 20 heteroatoms. The Morgan fingerprint density at radius 3 is 1.21 bits per heavy atom. The third-order valence-corrected chi connectivity index (χ3v) is 15.5. The number of hydrogen-bond acceptors (Lipinski definition) is 15. The summed E-state index contributed by atoms with van der Waals surface area (Å²) in [4.78, 5) is 78.0. The number of anilines is 3. The molecule has 96 heavy (non-hydrogen) atoms. The molecule has 6 heterocycles. The van der Waals surface area contributed by atoms with E-state index in [1.165, 1.54) is 10.5 Å². The van der Waals surface area contributed by atoms with Gasteiger partial charge in [0.25, 0.3) is 0 Å². The van der Waals surface area contributed by atoms with Crippen LogP contribution in [-0.4, -0.2) is 110 Å². The maximum absolute atomic E-state index is 13.4. The Morgan fingerprint density at radius 1 is 0.438 bits per heavy atom. The Kier molecular flexibility index (Phi) is 23.9. The standard InChI is InChI=1S/C27H29N3O4.C22H21N3O2.C16H21NO4.C11H10N2O/c1-27(2,3)34-26(32)30-17-22(19-10-5-4-6-11-19)23(18-30)25(31)29-20-12-9-13-21(16-20)33-24-14-7-8-15-28-24;26-22(20-15-23-14-19(20)16-7-2-1-3-8-16)25-17-9-6-10-18(13-17)27-21-11-4-5-12-24-21;1-16(2,3)21-15(20)17-9-12(13(10-17)14(18)19)11-7-5-4-6-8-11;12-9-4-3-5-10(8-9)14-11-6-1-2-7-13-11/h4-16,22-23H,17-18H2,1-3H3,(H,29,31);1-13,19-20,23H,14-15H2,(H,25,26);4-8,12-13H,9-10H2,1-3H3,(H,18,19);1-8H,12H2/t22-,23+;19-,20+;12-,13+;/m000./s1. The fourth-order valence-electron chi connectivity index (χ4n) is 11.1. The predicted molar refractivity (Wildman–Crippen MR) is 368 cm³/mol. The number of carbonyl (C=O) groups is 5. The van der Waals surface area contributed by atoms with Gasteiger partial charge >= 0.3 is 18.2 Å². The first-order valence-electron chi connectivity index (χ1n) is 31.7. The fraction of sp³-hybridized carbons (Fsp3) is 0.263. The van der Waals surface area contributed by atoms with E-state index >= 15 is 0 Å². The number of nitrogens with one attached hydrogen (secondary N) is 3. The summed E-state index contributed by atoms with van der Waals surface area (Å²) in [6.07, 6.45) is 4.15. The first-order chi connectivity index (χ1) is 46.2. The number of carboxylic acid groups (broad SMARTS) is 1. The highest BCUT2D eigenvalue weighted by Crippen LogP contribution is 2.37. The average Bonchev–Trinajstić information content (AvgIpc) is 1.68. The summed E-state index contributed by atoms with van der Waals surface area (Å²) in [7, 11) is 0. The maximum Gasteiger partial charge on any atom is 0.410 e. The van der Waals surface area contributed by atoms with E-state index in [1.807, 2.05) is 185 Å². The van der Waals surface area contributed by atoms with Gasteiger partial charge in [0.15, 0.2) is 0 Å². The van der Waals surface area contributed by atoms with Crippen LogP contribution in [0.15, 0.2) is 237 Å². The van der Waals surface area contributed by atoms with Crippen molar-refractivity contribution in [1.29, 1.82) is 0 Å². The number of carboxylic acids is 1. The SMILES string of the molecule is CC(C)(C)OC(=O)N1C[C@@H](C(=O)Nc2cccc(Oc3ccccn3)c2)[C@H](c2ccccc2)C1.CC(C)(C)OC(=O)N1C[C@@H](C(=O)O)[C@H](c2ccccc2)C1.Nc1cccc(Oc2ccccn2)c1.O=C(Nc1cccc(Oc2ccccn2)c1)[C@@H]1CNC[C@H]1c1ccccc1. The van der Waals surface area contributed by atoms with E-state index in [0.717, 1.165) is 17.7 Å². The van der Waals surface area contributed by atoms with Gasteiger partial charge in [-0.25, -0.2) is 24.5 Å². The molecule has 0 radical (unpaired) electrons. The van der Waals surface area contributed by atoms with Crippen molar-refractivity contribution < 1.29 is 52.8 Å². The number of hydrogen-bond donors (Lipinski definition) is 5. The van der Waals surface area contributed by atoms with Crippen LogP contribution in [0.4, 0.5) is 26.7 Å². The molecule has 12 rings (SSSR count). The van der Waals surface area contributed by atoms with Crippen molar-refractivity contribution in [3.05, 3.63) is 254 Å². The molecule has 3 aromatic heterocycles. The van der Waals surface area contributed by atoms with E-state index in [2.05, 4.69) is 43.0 Å². The highest BCUT2D eigenvalue weighted by molar-refractivity contribution is 5.95. The van der Waals surface area contributed by atoms with Gasteiger partial charge in [-0.3, -0.25) is 14.4 Å². The lowest BCUT2D eigenvalue weighted by molar-refractivity contribution is -0.141. The minimum absolute atomic E-state index is 0.0174. The van der Waals surface area contributed by atoms with Crippen LogP contribution in [0.3, 0.4) is 0 Å². The number of ether oxygens (including phenoxy) is 5. The minimum atomic E-state index is -0.880. The van der Waals surface area contributed by atoms with Crippen molar-refractivity contribution in [2.24, 2.45) is 17.8 Å². The number of carbonyl (C=O) groups excluding carboxylic acids is 4. The first kappa shape index (κ1) is 69.2. The molecule has 3 aliphatic heterocycles.